The minimum atomic E-state index is -3.89. The average Bonchev–Trinajstić information content (AvgIpc) is 3.31. The minimum absolute atomic E-state index is 0.00810. The van der Waals surface area contributed by atoms with E-state index in [4.69, 9.17) is 9.47 Å². The highest BCUT2D eigenvalue weighted by Gasteiger charge is 2.31. The molecule has 0 spiro atoms. The molecule has 176 valence electrons. The molecular formula is C24H26FNO5S2. The van der Waals surface area contributed by atoms with E-state index in [0.717, 1.165) is 6.07 Å². The number of amides is 1. The number of benzene rings is 2. The summed E-state index contributed by atoms with van der Waals surface area (Å²) in [7, 11) is -3.89. The normalized spacial score (nSPS) is 12.2. The Labute approximate surface area is 197 Å². The van der Waals surface area contributed by atoms with E-state index >= 15 is 0 Å². The summed E-state index contributed by atoms with van der Waals surface area (Å²) in [5.74, 6) is 0.0550. The van der Waals surface area contributed by atoms with Crippen molar-refractivity contribution < 1.29 is 27.1 Å². The number of nitrogens with one attached hydrogen (secondary N) is 1. The highest BCUT2D eigenvalue weighted by molar-refractivity contribution is 7.91. The second kappa shape index (κ2) is 10.8. The molecular weight excluding hydrogens is 465 g/mol. The molecule has 2 aromatic carbocycles. The van der Waals surface area contributed by atoms with Crippen molar-refractivity contribution in [1.29, 1.82) is 0 Å². The Morgan fingerprint density at radius 2 is 1.79 bits per heavy atom. The van der Waals surface area contributed by atoms with Crippen molar-refractivity contribution in [1.82, 2.24) is 5.32 Å². The number of aryl methyl sites for hydroxylation is 1. The molecule has 0 saturated heterocycles. The van der Waals surface area contributed by atoms with Gasteiger partial charge in [-0.3, -0.25) is 4.79 Å². The summed E-state index contributed by atoms with van der Waals surface area (Å²) in [6, 6.07) is 12.0. The van der Waals surface area contributed by atoms with Gasteiger partial charge in [-0.1, -0.05) is 6.07 Å². The zero-order valence-electron chi connectivity index (χ0n) is 18.6. The number of ether oxygens (including phenoxy) is 2. The van der Waals surface area contributed by atoms with Crippen LogP contribution in [0.4, 0.5) is 4.39 Å². The first-order valence-corrected chi connectivity index (χ1v) is 12.9. The molecule has 3 rings (SSSR count). The number of hydrogen-bond acceptors (Lipinski definition) is 6. The topological polar surface area (TPSA) is 81.7 Å². The van der Waals surface area contributed by atoms with E-state index in [2.05, 4.69) is 5.32 Å². The van der Waals surface area contributed by atoms with Crippen LogP contribution in [0.25, 0.3) is 0 Å². The van der Waals surface area contributed by atoms with Gasteiger partial charge in [0.15, 0.2) is 21.3 Å². The van der Waals surface area contributed by atoms with Crippen molar-refractivity contribution in [2.45, 2.75) is 30.9 Å². The summed E-state index contributed by atoms with van der Waals surface area (Å²) in [4.78, 5) is 13.4. The zero-order valence-corrected chi connectivity index (χ0v) is 20.3. The highest BCUT2D eigenvalue weighted by atomic mass is 32.2. The SMILES string of the molecule is CCOc1ccc(C(=O)NCC(c2cccs2)S(=O)(=O)c2ccc(F)c(C)c2)cc1OCC. The van der Waals surface area contributed by atoms with Crippen molar-refractivity contribution in [3.63, 3.8) is 0 Å². The molecule has 9 heteroatoms. The quantitative estimate of drug-likeness (QED) is 0.407. The molecule has 33 heavy (non-hydrogen) atoms. The van der Waals surface area contributed by atoms with Crippen LogP contribution in [0.15, 0.2) is 58.8 Å². The minimum Gasteiger partial charge on any atom is -0.490 e. The van der Waals surface area contributed by atoms with Gasteiger partial charge >= 0.3 is 0 Å². The second-order valence-electron chi connectivity index (χ2n) is 7.20. The molecule has 1 amide bonds. The molecule has 1 aromatic heterocycles. The van der Waals surface area contributed by atoms with Gasteiger partial charge in [-0.15, -0.1) is 11.3 Å². The molecule has 0 bridgehead atoms. The number of halogens is 1. The van der Waals surface area contributed by atoms with Gasteiger partial charge in [0.1, 0.15) is 11.1 Å². The molecule has 0 aliphatic heterocycles. The van der Waals surface area contributed by atoms with Gasteiger partial charge in [0.05, 0.1) is 18.1 Å². The predicted molar refractivity (Wildman–Crippen MR) is 126 cm³/mol. The largest absolute Gasteiger partial charge is 0.490 e. The van der Waals surface area contributed by atoms with Gasteiger partial charge in [0.25, 0.3) is 5.91 Å². The number of rotatable bonds is 10. The third kappa shape index (κ3) is 5.72. The van der Waals surface area contributed by atoms with Crippen LogP contribution in [0, 0.1) is 12.7 Å². The smallest absolute Gasteiger partial charge is 0.251 e. The van der Waals surface area contributed by atoms with Crippen LogP contribution in [0.1, 0.15) is 39.9 Å². The lowest BCUT2D eigenvalue weighted by Crippen LogP contribution is -2.31. The molecule has 0 aliphatic rings. The Kier molecular flexibility index (Phi) is 8.10. The van der Waals surface area contributed by atoms with Gasteiger partial charge < -0.3 is 14.8 Å². The maximum atomic E-state index is 13.7. The lowest BCUT2D eigenvalue weighted by Gasteiger charge is -2.18. The van der Waals surface area contributed by atoms with E-state index in [1.165, 1.54) is 30.4 Å². The van der Waals surface area contributed by atoms with Gasteiger partial charge in [-0.2, -0.15) is 0 Å². The van der Waals surface area contributed by atoms with E-state index in [-0.39, 0.29) is 17.0 Å². The second-order valence-corrected chi connectivity index (χ2v) is 10.3. The Hall–Kier alpha value is -2.91. The Balaban J connectivity index is 1.86. The number of carbonyl (C=O) groups excluding carboxylic acids is 1. The molecule has 0 saturated carbocycles. The fourth-order valence-corrected chi connectivity index (χ4v) is 6.14. The molecule has 1 heterocycles. The lowest BCUT2D eigenvalue weighted by molar-refractivity contribution is 0.0953. The van der Waals surface area contributed by atoms with Gasteiger partial charge in [0.2, 0.25) is 0 Å². The lowest BCUT2D eigenvalue weighted by atomic mass is 10.2. The van der Waals surface area contributed by atoms with Crippen LogP contribution >= 0.6 is 11.3 Å². The average molecular weight is 492 g/mol. The van der Waals surface area contributed by atoms with Crippen LogP contribution in [0.5, 0.6) is 11.5 Å². The van der Waals surface area contributed by atoms with E-state index in [9.17, 15) is 17.6 Å². The summed E-state index contributed by atoms with van der Waals surface area (Å²) < 4.78 is 51.6. The number of carbonyl (C=O) groups is 1. The number of thiophene rings is 1. The highest BCUT2D eigenvalue weighted by Crippen LogP contribution is 2.33. The maximum Gasteiger partial charge on any atom is 0.251 e. The van der Waals surface area contributed by atoms with Crippen LogP contribution in [0.2, 0.25) is 0 Å². The summed E-state index contributed by atoms with van der Waals surface area (Å²) >= 11 is 1.28. The molecule has 1 atom stereocenters. The van der Waals surface area contributed by atoms with E-state index in [1.807, 2.05) is 13.8 Å². The Morgan fingerprint density at radius 3 is 2.42 bits per heavy atom. The standard InChI is InChI=1S/C24H26FNO5S2/c1-4-30-20-11-8-17(14-21(20)31-5-2)24(27)26-15-23(22-7-6-12-32-22)33(28,29)18-9-10-19(25)16(3)13-18/h6-14,23H,4-5,15H2,1-3H3,(H,26,27). The summed E-state index contributed by atoms with van der Waals surface area (Å²) in [6.07, 6.45) is 0. The number of hydrogen-bond donors (Lipinski definition) is 1. The Morgan fingerprint density at radius 1 is 1.06 bits per heavy atom. The molecule has 0 aliphatic carbocycles. The van der Waals surface area contributed by atoms with Gasteiger partial charge in [-0.25, -0.2) is 12.8 Å². The third-order valence-electron chi connectivity index (χ3n) is 4.95. The van der Waals surface area contributed by atoms with Crippen LogP contribution < -0.4 is 14.8 Å². The maximum absolute atomic E-state index is 13.7. The molecule has 3 aromatic rings. The van der Waals surface area contributed by atoms with Gasteiger partial charge in [0, 0.05) is 17.0 Å². The van der Waals surface area contributed by atoms with E-state index < -0.39 is 26.8 Å². The summed E-state index contributed by atoms with van der Waals surface area (Å²) in [5.41, 5.74) is 0.560. The molecule has 1 unspecified atom stereocenters. The summed E-state index contributed by atoms with van der Waals surface area (Å²) in [6.45, 7) is 5.91. The Bertz CT molecular complexity index is 1210. The van der Waals surface area contributed by atoms with Crippen LogP contribution in [0.3, 0.4) is 0 Å². The van der Waals surface area contributed by atoms with E-state index in [1.54, 1.807) is 35.7 Å². The fourth-order valence-electron chi connectivity index (χ4n) is 3.28. The molecule has 0 radical (unpaired) electrons. The van der Waals surface area contributed by atoms with Crippen molar-refractivity contribution in [2.24, 2.45) is 0 Å². The zero-order chi connectivity index (χ0) is 24.0. The first-order chi connectivity index (χ1) is 15.8. The molecule has 1 N–H and O–H groups in total. The number of sulfone groups is 1. The van der Waals surface area contributed by atoms with Gasteiger partial charge in [-0.05, 0) is 74.2 Å². The summed E-state index contributed by atoms with van der Waals surface area (Å²) in [5, 5.41) is 3.49. The van der Waals surface area contributed by atoms with Crippen LogP contribution in [-0.2, 0) is 9.84 Å². The molecule has 6 nitrogen and oxygen atoms in total. The monoisotopic (exact) mass is 491 g/mol. The van der Waals surface area contributed by atoms with Crippen molar-refractivity contribution in [2.75, 3.05) is 19.8 Å². The van der Waals surface area contributed by atoms with E-state index in [0.29, 0.717) is 35.2 Å². The van der Waals surface area contributed by atoms with Crippen molar-refractivity contribution in [3.8, 4) is 11.5 Å². The fraction of sp³-hybridized carbons (Fsp3) is 0.292. The van der Waals surface area contributed by atoms with Crippen molar-refractivity contribution in [3.05, 3.63) is 75.7 Å². The first kappa shape index (κ1) is 24.7. The van der Waals surface area contributed by atoms with Crippen molar-refractivity contribution >= 4 is 27.1 Å². The van der Waals surface area contributed by atoms with Crippen LogP contribution in [-0.4, -0.2) is 34.1 Å². The third-order valence-corrected chi connectivity index (χ3v) is 8.16. The predicted octanol–water partition coefficient (Wildman–Crippen LogP) is 4.94. The first-order valence-electron chi connectivity index (χ1n) is 10.5. The molecule has 0 fully saturated rings.